The van der Waals surface area contributed by atoms with Crippen molar-refractivity contribution in [1.82, 2.24) is 10.3 Å². The average Bonchev–Trinajstić information content (AvgIpc) is 3.45. The largest absolute Gasteiger partial charge is 0.459 e. The Labute approximate surface area is 195 Å². The first-order valence-corrected chi connectivity index (χ1v) is 10.8. The van der Waals surface area contributed by atoms with Gasteiger partial charge in [-0.1, -0.05) is 23.8 Å². The van der Waals surface area contributed by atoms with Crippen molar-refractivity contribution in [2.45, 2.75) is 19.0 Å². The third-order valence-electron chi connectivity index (χ3n) is 5.69. The van der Waals surface area contributed by atoms with Crippen molar-refractivity contribution >= 4 is 28.7 Å². The molecule has 0 unspecified atom stereocenters. The summed E-state index contributed by atoms with van der Waals surface area (Å²) in [5.74, 6) is 1.34. The van der Waals surface area contributed by atoms with Crippen molar-refractivity contribution in [3.63, 3.8) is 0 Å². The molecule has 1 N–H and O–H groups in total. The van der Waals surface area contributed by atoms with E-state index in [1.165, 1.54) is 12.1 Å². The van der Waals surface area contributed by atoms with E-state index in [9.17, 15) is 10.1 Å². The maximum absolute atomic E-state index is 11.0. The minimum absolute atomic E-state index is 0.0385. The summed E-state index contributed by atoms with van der Waals surface area (Å²) in [4.78, 5) is 17.2. The molecule has 0 saturated carbocycles. The van der Waals surface area contributed by atoms with Crippen molar-refractivity contribution in [3.8, 4) is 11.3 Å². The Balaban J connectivity index is 1.56. The van der Waals surface area contributed by atoms with E-state index in [1.807, 2.05) is 66.4 Å². The van der Waals surface area contributed by atoms with Crippen LogP contribution >= 0.6 is 12.2 Å². The van der Waals surface area contributed by atoms with Crippen molar-refractivity contribution in [3.05, 3.63) is 112 Å². The number of hydrogen-bond acceptors (Lipinski definition) is 5. The van der Waals surface area contributed by atoms with Gasteiger partial charge in [-0.2, -0.15) is 0 Å². The van der Waals surface area contributed by atoms with E-state index in [4.69, 9.17) is 16.6 Å². The molecule has 33 heavy (non-hydrogen) atoms. The summed E-state index contributed by atoms with van der Waals surface area (Å²) in [6, 6.07) is 23.6. The molecule has 0 amide bonds. The van der Waals surface area contributed by atoms with Gasteiger partial charge in [0.1, 0.15) is 17.6 Å². The van der Waals surface area contributed by atoms with Gasteiger partial charge in [-0.05, 0) is 67.7 Å². The quantitative estimate of drug-likeness (QED) is 0.233. The van der Waals surface area contributed by atoms with Crippen LogP contribution < -0.4 is 10.2 Å². The maximum atomic E-state index is 11.0. The lowest BCUT2D eigenvalue weighted by Crippen LogP contribution is -2.29. The standard InChI is InChI=1S/C25H20N4O3S/c1-16-5-9-18(10-6-16)28-24(23(27-25(28)33)20-4-2-3-15-26-20)22-14-13-21(32-22)17-7-11-19(12-8-17)29(30)31/h2-15,23-24H,1H3,(H,27,33)/t23-,24+/m0/s1. The van der Waals surface area contributed by atoms with Crippen LogP contribution in [0.1, 0.15) is 29.1 Å². The Morgan fingerprint density at radius 1 is 1.03 bits per heavy atom. The van der Waals surface area contributed by atoms with Gasteiger partial charge in [0.05, 0.1) is 16.7 Å². The van der Waals surface area contributed by atoms with E-state index in [0.717, 1.165) is 22.5 Å². The second-order valence-corrected chi connectivity index (χ2v) is 8.22. The van der Waals surface area contributed by atoms with Crippen LogP contribution in [0, 0.1) is 17.0 Å². The third-order valence-corrected chi connectivity index (χ3v) is 6.01. The zero-order chi connectivity index (χ0) is 22.9. The molecule has 0 bridgehead atoms. The number of hydrogen-bond donors (Lipinski definition) is 1. The highest BCUT2D eigenvalue weighted by atomic mass is 32.1. The van der Waals surface area contributed by atoms with Gasteiger partial charge in [0.2, 0.25) is 0 Å². The second-order valence-electron chi connectivity index (χ2n) is 7.84. The van der Waals surface area contributed by atoms with Crippen LogP contribution in [-0.2, 0) is 0 Å². The van der Waals surface area contributed by atoms with E-state index in [0.29, 0.717) is 16.6 Å². The highest BCUT2D eigenvalue weighted by molar-refractivity contribution is 7.80. The maximum Gasteiger partial charge on any atom is 0.269 e. The fraction of sp³-hybridized carbons (Fsp3) is 0.120. The summed E-state index contributed by atoms with van der Waals surface area (Å²) in [6.07, 6.45) is 1.76. The zero-order valence-corrected chi connectivity index (χ0v) is 18.5. The van der Waals surface area contributed by atoms with Crippen LogP contribution in [0.25, 0.3) is 11.3 Å². The van der Waals surface area contributed by atoms with Crippen LogP contribution in [0.2, 0.25) is 0 Å². The number of anilines is 1. The molecule has 0 radical (unpaired) electrons. The van der Waals surface area contributed by atoms with E-state index in [-0.39, 0.29) is 17.8 Å². The number of benzene rings is 2. The highest BCUT2D eigenvalue weighted by Gasteiger charge is 2.42. The topological polar surface area (TPSA) is 84.4 Å². The molecule has 1 fully saturated rings. The van der Waals surface area contributed by atoms with Gasteiger partial charge in [-0.3, -0.25) is 15.1 Å². The first-order chi connectivity index (χ1) is 16.0. The Hall–Kier alpha value is -4.04. The number of rotatable bonds is 5. The van der Waals surface area contributed by atoms with Gasteiger partial charge < -0.3 is 14.6 Å². The first-order valence-electron chi connectivity index (χ1n) is 10.4. The monoisotopic (exact) mass is 456 g/mol. The molecule has 7 nitrogen and oxygen atoms in total. The number of pyridine rings is 1. The number of aryl methyl sites for hydroxylation is 1. The van der Waals surface area contributed by atoms with Crippen LogP contribution in [-0.4, -0.2) is 15.0 Å². The van der Waals surface area contributed by atoms with Crippen molar-refractivity contribution < 1.29 is 9.34 Å². The van der Waals surface area contributed by atoms with Gasteiger partial charge in [0.15, 0.2) is 5.11 Å². The molecule has 2 atom stereocenters. The van der Waals surface area contributed by atoms with Crippen molar-refractivity contribution in [2.24, 2.45) is 0 Å². The third kappa shape index (κ3) is 3.96. The van der Waals surface area contributed by atoms with Crippen LogP contribution in [0.4, 0.5) is 11.4 Å². The molecule has 0 spiro atoms. The van der Waals surface area contributed by atoms with Crippen molar-refractivity contribution in [2.75, 3.05) is 4.90 Å². The van der Waals surface area contributed by atoms with Gasteiger partial charge in [-0.15, -0.1) is 0 Å². The summed E-state index contributed by atoms with van der Waals surface area (Å²) < 4.78 is 6.29. The number of aromatic nitrogens is 1. The Kier molecular flexibility index (Phi) is 5.35. The molecule has 2 aromatic carbocycles. The van der Waals surface area contributed by atoms with Crippen LogP contribution in [0.5, 0.6) is 0 Å². The predicted octanol–water partition coefficient (Wildman–Crippen LogP) is 5.74. The van der Waals surface area contributed by atoms with Gasteiger partial charge >= 0.3 is 0 Å². The molecular formula is C25H20N4O3S. The normalized spacial score (nSPS) is 17.7. The van der Waals surface area contributed by atoms with Gasteiger partial charge in [-0.25, -0.2) is 0 Å². The Morgan fingerprint density at radius 3 is 2.45 bits per heavy atom. The summed E-state index contributed by atoms with van der Waals surface area (Å²) in [7, 11) is 0. The minimum Gasteiger partial charge on any atom is -0.459 e. The smallest absolute Gasteiger partial charge is 0.269 e. The molecule has 1 saturated heterocycles. The molecule has 8 heteroatoms. The molecule has 3 heterocycles. The fourth-order valence-electron chi connectivity index (χ4n) is 4.04. The SMILES string of the molecule is Cc1ccc(N2C(=S)N[C@@H](c3ccccn3)[C@H]2c2ccc(-c3ccc([N+](=O)[O-])cc3)o2)cc1. The van der Waals surface area contributed by atoms with Gasteiger partial charge in [0, 0.05) is 29.6 Å². The van der Waals surface area contributed by atoms with E-state index >= 15 is 0 Å². The average molecular weight is 457 g/mol. The number of non-ortho nitro benzene ring substituents is 1. The molecule has 4 aromatic rings. The van der Waals surface area contributed by atoms with E-state index in [1.54, 1.807) is 18.3 Å². The molecule has 164 valence electrons. The summed E-state index contributed by atoms with van der Waals surface area (Å²) in [5, 5.41) is 15.0. The second kappa shape index (κ2) is 8.48. The molecule has 5 rings (SSSR count). The van der Waals surface area contributed by atoms with Gasteiger partial charge in [0.25, 0.3) is 5.69 Å². The predicted molar refractivity (Wildman–Crippen MR) is 130 cm³/mol. The lowest BCUT2D eigenvalue weighted by atomic mass is 10.0. The zero-order valence-electron chi connectivity index (χ0n) is 17.7. The fourth-order valence-corrected chi connectivity index (χ4v) is 4.39. The highest BCUT2D eigenvalue weighted by Crippen LogP contribution is 2.43. The number of nitro benzene ring substituents is 1. The Morgan fingerprint density at radius 2 is 1.79 bits per heavy atom. The lowest BCUT2D eigenvalue weighted by molar-refractivity contribution is -0.384. The number of nitrogens with zero attached hydrogens (tertiary/aromatic N) is 3. The number of thiocarbonyl (C=S) groups is 1. The van der Waals surface area contributed by atoms with Crippen LogP contribution in [0.3, 0.4) is 0 Å². The van der Waals surface area contributed by atoms with E-state index < -0.39 is 4.92 Å². The molecule has 1 aliphatic heterocycles. The van der Waals surface area contributed by atoms with Crippen LogP contribution in [0.15, 0.2) is 89.5 Å². The first kappa shape index (κ1) is 20.8. The molecular weight excluding hydrogens is 436 g/mol. The number of furan rings is 1. The Bertz CT molecular complexity index is 1300. The molecule has 0 aliphatic carbocycles. The summed E-state index contributed by atoms with van der Waals surface area (Å²) in [6.45, 7) is 2.04. The lowest BCUT2D eigenvalue weighted by Gasteiger charge is -2.26. The van der Waals surface area contributed by atoms with Crippen molar-refractivity contribution in [1.29, 1.82) is 0 Å². The number of nitrogens with one attached hydrogen (secondary N) is 1. The molecule has 1 aliphatic rings. The summed E-state index contributed by atoms with van der Waals surface area (Å²) >= 11 is 5.73. The minimum atomic E-state index is -0.417. The summed E-state index contributed by atoms with van der Waals surface area (Å²) in [5.41, 5.74) is 3.77. The molecule has 2 aromatic heterocycles. The number of nitro groups is 1. The van der Waals surface area contributed by atoms with E-state index in [2.05, 4.69) is 10.3 Å².